The van der Waals surface area contributed by atoms with Gasteiger partial charge >= 0.3 is 0 Å². The summed E-state index contributed by atoms with van der Waals surface area (Å²) in [4.78, 5) is 34.4. The van der Waals surface area contributed by atoms with Gasteiger partial charge in [-0.25, -0.2) is 4.98 Å². The van der Waals surface area contributed by atoms with Crippen LogP contribution in [0.25, 0.3) is 0 Å². The van der Waals surface area contributed by atoms with Gasteiger partial charge in [0.2, 0.25) is 11.6 Å². The van der Waals surface area contributed by atoms with Crippen molar-refractivity contribution in [3.63, 3.8) is 0 Å². The van der Waals surface area contributed by atoms with E-state index in [1.54, 1.807) is 30.4 Å². The van der Waals surface area contributed by atoms with E-state index >= 15 is 0 Å². The zero-order chi connectivity index (χ0) is 27.7. The van der Waals surface area contributed by atoms with Gasteiger partial charge in [0, 0.05) is 48.6 Å². The van der Waals surface area contributed by atoms with Crippen molar-refractivity contribution in [3.05, 3.63) is 98.6 Å². The Morgan fingerprint density at radius 3 is 1.50 bits per heavy atom. The maximum absolute atomic E-state index is 12.8. The number of carbonyl (C=O) groups is 2. The van der Waals surface area contributed by atoms with Gasteiger partial charge in [-0.2, -0.15) is 0 Å². The lowest BCUT2D eigenvalue weighted by Gasteiger charge is -2.16. The standard InChI is InChI=1S/C31H37Cl2N3O2/c1-5-35(6-2)20-24-14-12-22(30(24)32)16-18-28(37)26-10-9-11-27(34-26)29(38)19-17-23-13-15-25(31(23)33)21-36(7-3)8-4/h9-11,16-21H,5-8,12-15H2,1-4H3/b18-16+,19-17+,24-20+,25-21+. The molecule has 2 aliphatic carbocycles. The average Bonchev–Trinajstić information content (AvgIpc) is 3.47. The highest BCUT2D eigenvalue weighted by atomic mass is 35.5. The number of rotatable bonds is 12. The minimum atomic E-state index is -0.269. The first-order valence-electron chi connectivity index (χ1n) is 13.4. The maximum atomic E-state index is 12.8. The molecule has 38 heavy (non-hydrogen) atoms. The molecule has 3 rings (SSSR count). The smallest absolute Gasteiger partial charge is 0.204 e. The fourth-order valence-corrected chi connectivity index (χ4v) is 5.03. The van der Waals surface area contributed by atoms with Crippen LogP contribution in [0.5, 0.6) is 0 Å². The van der Waals surface area contributed by atoms with Crippen molar-refractivity contribution < 1.29 is 9.59 Å². The fraction of sp³-hybridized carbons (Fsp3) is 0.387. The zero-order valence-electron chi connectivity index (χ0n) is 22.8. The number of allylic oxidation sites excluding steroid dienone is 10. The summed E-state index contributed by atoms with van der Waals surface area (Å²) in [5.41, 5.74) is 4.49. The Morgan fingerprint density at radius 1 is 0.737 bits per heavy atom. The summed E-state index contributed by atoms with van der Waals surface area (Å²) >= 11 is 13.2. The third-order valence-electron chi connectivity index (χ3n) is 6.88. The molecular weight excluding hydrogens is 517 g/mol. The minimum Gasteiger partial charge on any atom is -0.378 e. The molecule has 0 N–H and O–H groups in total. The van der Waals surface area contributed by atoms with Crippen molar-refractivity contribution >= 4 is 34.8 Å². The SMILES string of the molecule is CCN(/C=C1\CCC(/C=C/C(=O)c2cccc(C(=O)/C=C/C3=C(Cl)C(=C/N(CC)CC)/CC3)n2)=C1Cl)CC. The average molecular weight is 555 g/mol. The predicted molar refractivity (Wildman–Crippen MR) is 157 cm³/mol. The van der Waals surface area contributed by atoms with Gasteiger partial charge in [-0.1, -0.05) is 41.4 Å². The van der Waals surface area contributed by atoms with E-state index in [0.717, 1.165) is 74.2 Å². The van der Waals surface area contributed by atoms with Crippen molar-refractivity contribution in [2.45, 2.75) is 53.4 Å². The first-order chi connectivity index (χ1) is 18.3. The van der Waals surface area contributed by atoms with Crippen LogP contribution in [-0.2, 0) is 0 Å². The van der Waals surface area contributed by atoms with E-state index in [1.165, 1.54) is 12.2 Å². The van der Waals surface area contributed by atoms with Crippen molar-refractivity contribution in [2.75, 3.05) is 26.2 Å². The Labute approximate surface area is 236 Å². The number of carbonyl (C=O) groups excluding carboxylic acids is 2. The fourth-order valence-electron chi connectivity index (χ4n) is 4.43. The van der Waals surface area contributed by atoms with Gasteiger partial charge < -0.3 is 9.80 Å². The quantitative estimate of drug-likeness (QED) is 0.197. The summed E-state index contributed by atoms with van der Waals surface area (Å²) in [7, 11) is 0. The number of hydrogen-bond acceptors (Lipinski definition) is 5. The van der Waals surface area contributed by atoms with Crippen LogP contribution in [-0.4, -0.2) is 52.5 Å². The van der Waals surface area contributed by atoms with E-state index in [9.17, 15) is 9.59 Å². The van der Waals surface area contributed by atoms with Crippen molar-refractivity contribution in [1.82, 2.24) is 14.8 Å². The molecule has 202 valence electrons. The predicted octanol–water partition coefficient (Wildman–Crippen LogP) is 7.58. The molecule has 0 saturated heterocycles. The van der Waals surface area contributed by atoms with E-state index in [-0.39, 0.29) is 23.0 Å². The third-order valence-corrected chi connectivity index (χ3v) is 7.85. The van der Waals surface area contributed by atoms with E-state index < -0.39 is 0 Å². The Balaban J connectivity index is 1.70. The summed E-state index contributed by atoms with van der Waals surface area (Å²) in [6, 6.07) is 4.91. The van der Waals surface area contributed by atoms with Crippen LogP contribution in [0.2, 0.25) is 0 Å². The van der Waals surface area contributed by atoms with Gasteiger partial charge in [0.15, 0.2) is 0 Å². The van der Waals surface area contributed by atoms with Crippen molar-refractivity contribution in [2.24, 2.45) is 0 Å². The molecule has 1 aromatic heterocycles. The lowest BCUT2D eigenvalue weighted by atomic mass is 10.1. The van der Waals surface area contributed by atoms with Gasteiger partial charge in [-0.15, -0.1) is 0 Å². The van der Waals surface area contributed by atoms with Gasteiger partial charge in [0.05, 0.1) is 0 Å². The second-order valence-electron chi connectivity index (χ2n) is 9.23. The van der Waals surface area contributed by atoms with Crippen LogP contribution in [0.4, 0.5) is 0 Å². The lowest BCUT2D eigenvalue weighted by molar-refractivity contribution is 0.103. The molecule has 0 fully saturated rings. The number of aromatic nitrogens is 1. The first kappa shape index (κ1) is 29.7. The molecular formula is C31H37Cl2N3O2. The van der Waals surface area contributed by atoms with Crippen LogP contribution < -0.4 is 0 Å². The van der Waals surface area contributed by atoms with E-state index in [0.29, 0.717) is 10.1 Å². The lowest BCUT2D eigenvalue weighted by Crippen LogP contribution is -2.16. The van der Waals surface area contributed by atoms with Gasteiger partial charge in [0.1, 0.15) is 11.4 Å². The maximum Gasteiger partial charge on any atom is 0.204 e. The van der Waals surface area contributed by atoms with Gasteiger partial charge in [-0.05, 0) is 100.0 Å². The van der Waals surface area contributed by atoms with Crippen LogP contribution >= 0.6 is 23.2 Å². The zero-order valence-corrected chi connectivity index (χ0v) is 24.3. The molecule has 0 atom stereocenters. The highest BCUT2D eigenvalue weighted by Gasteiger charge is 2.19. The van der Waals surface area contributed by atoms with Gasteiger partial charge in [-0.3, -0.25) is 9.59 Å². The van der Waals surface area contributed by atoms with E-state index in [4.69, 9.17) is 23.2 Å². The van der Waals surface area contributed by atoms with Crippen molar-refractivity contribution in [1.29, 1.82) is 0 Å². The van der Waals surface area contributed by atoms with E-state index in [1.807, 2.05) is 0 Å². The molecule has 0 spiro atoms. The molecule has 1 heterocycles. The Bertz CT molecular complexity index is 1140. The molecule has 0 amide bonds. The largest absolute Gasteiger partial charge is 0.378 e. The topological polar surface area (TPSA) is 53.5 Å². The molecule has 7 heteroatoms. The molecule has 1 aromatic rings. The second kappa shape index (κ2) is 14.3. The minimum absolute atomic E-state index is 0.219. The summed E-state index contributed by atoms with van der Waals surface area (Å²) in [5.74, 6) is -0.538. The van der Waals surface area contributed by atoms with Crippen LogP contribution in [0, 0.1) is 0 Å². The second-order valence-corrected chi connectivity index (χ2v) is 9.99. The Kier molecular flexibility index (Phi) is 11.2. The van der Waals surface area contributed by atoms with Crippen LogP contribution in [0.15, 0.2) is 87.3 Å². The number of ketones is 2. The molecule has 5 nitrogen and oxygen atoms in total. The number of hydrogen-bond donors (Lipinski definition) is 0. The highest BCUT2D eigenvalue weighted by molar-refractivity contribution is 6.33. The first-order valence-corrected chi connectivity index (χ1v) is 14.2. The number of halogens is 2. The highest BCUT2D eigenvalue weighted by Crippen LogP contribution is 2.36. The molecule has 0 aliphatic heterocycles. The summed E-state index contributed by atoms with van der Waals surface area (Å²) in [6.07, 6.45) is 14.0. The molecule has 0 unspecified atom stereocenters. The number of pyridine rings is 1. The summed E-state index contributed by atoms with van der Waals surface area (Å²) < 4.78 is 0. The normalized spacial score (nSPS) is 18.2. The summed E-state index contributed by atoms with van der Waals surface area (Å²) in [6.45, 7) is 12.1. The molecule has 0 radical (unpaired) electrons. The van der Waals surface area contributed by atoms with Gasteiger partial charge in [0.25, 0.3) is 0 Å². The molecule has 0 saturated carbocycles. The third kappa shape index (κ3) is 7.58. The van der Waals surface area contributed by atoms with Crippen molar-refractivity contribution in [3.8, 4) is 0 Å². The Morgan fingerprint density at radius 2 is 1.13 bits per heavy atom. The molecule has 2 aliphatic rings. The molecule has 0 aromatic carbocycles. The monoisotopic (exact) mass is 553 g/mol. The summed E-state index contributed by atoms with van der Waals surface area (Å²) in [5, 5.41) is 1.41. The van der Waals surface area contributed by atoms with Crippen LogP contribution in [0.3, 0.4) is 0 Å². The van der Waals surface area contributed by atoms with Crippen LogP contribution in [0.1, 0.15) is 74.4 Å². The Hall–Kier alpha value is -2.89. The van der Waals surface area contributed by atoms with E-state index in [2.05, 4.69) is 54.9 Å². The molecule has 0 bridgehead atoms. The number of nitrogens with zero attached hydrogens (tertiary/aromatic N) is 3.